The van der Waals surface area contributed by atoms with Crippen LogP contribution >= 0.6 is 0 Å². The molecule has 0 saturated heterocycles. The number of methoxy groups -OCH3 is 2. The fraction of sp³-hybridized carbons (Fsp3) is 0.294. The number of hydrogen-bond donors (Lipinski definition) is 0. The molecule has 0 aliphatic rings. The Hall–Kier alpha value is -2.36. The Kier molecular flexibility index (Phi) is 4.93. The Balaban J connectivity index is 2.01. The van der Waals surface area contributed by atoms with E-state index in [1.165, 1.54) is 0 Å². The van der Waals surface area contributed by atoms with Gasteiger partial charge in [-0.1, -0.05) is 0 Å². The van der Waals surface area contributed by atoms with Gasteiger partial charge in [0, 0.05) is 25.5 Å². The molecule has 0 unspecified atom stereocenters. The molecule has 4 heteroatoms. The summed E-state index contributed by atoms with van der Waals surface area (Å²) in [5, 5.41) is 0. The largest absolute Gasteiger partial charge is 0.497 e. The van der Waals surface area contributed by atoms with Crippen molar-refractivity contribution in [2.24, 2.45) is 0 Å². The summed E-state index contributed by atoms with van der Waals surface area (Å²) in [6, 6.07) is 16.1. The van der Waals surface area contributed by atoms with E-state index < -0.39 is 0 Å². The zero-order chi connectivity index (χ0) is 15.2. The average Bonchev–Trinajstić information content (AvgIpc) is 2.55. The molecule has 0 aromatic heterocycles. The van der Waals surface area contributed by atoms with E-state index in [4.69, 9.17) is 9.47 Å². The number of anilines is 2. The van der Waals surface area contributed by atoms with Crippen molar-refractivity contribution in [2.75, 3.05) is 44.8 Å². The minimum Gasteiger partial charge on any atom is -0.497 e. The first-order chi connectivity index (χ1) is 10.1. The van der Waals surface area contributed by atoms with Crippen molar-refractivity contribution < 1.29 is 9.47 Å². The Morgan fingerprint density at radius 1 is 0.667 bits per heavy atom. The van der Waals surface area contributed by atoms with Crippen molar-refractivity contribution in [1.82, 2.24) is 0 Å². The smallest absolute Gasteiger partial charge is 0.119 e. The SMILES string of the molecule is COc1ccc(N(C)CN(C)c2ccc(OC)cc2)cc1. The van der Waals surface area contributed by atoms with Gasteiger partial charge in [0.2, 0.25) is 0 Å². The molecule has 0 spiro atoms. The molecule has 2 aromatic carbocycles. The Morgan fingerprint density at radius 2 is 1.00 bits per heavy atom. The number of hydrogen-bond acceptors (Lipinski definition) is 4. The molecule has 0 aliphatic carbocycles. The minimum atomic E-state index is 0.790. The van der Waals surface area contributed by atoms with Crippen molar-refractivity contribution in [1.29, 1.82) is 0 Å². The van der Waals surface area contributed by atoms with Crippen molar-refractivity contribution in [3.8, 4) is 11.5 Å². The molecule has 2 rings (SSSR count). The summed E-state index contributed by atoms with van der Waals surface area (Å²) < 4.78 is 10.4. The number of rotatable bonds is 6. The third kappa shape index (κ3) is 3.81. The summed E-state index contributed by atoms with van der Waals surface area (Å²) in [4.78, 5) is 4.37. The Bertz CT molecular complexity index is 501. The molecular weight excluding hydrogens is 264 g/mol. The van der Waals surface area contributed by atoms with E-state index in [0.29, 0.717) is 0 Å². The zero-order valence-electron chi connectivity index (χ0n) is 13.0. The summed E-state index contributed by atoms with van der Waals surface area (Å²) >= 11 is 0. The number of nitrogens with zero attached hydrogens (tertiary/aromatic N) is 2. The van der Waals surface area contributed by atoms with Gasteiger partial charge in [-0.15, -0.1) is 0 Å². The van der Waals surface area contributed by atoms with Crippen molar-refractivity contribution in [3.05, 3.63) is 48.5 Å². The molecule has 4 nitrogen and oxygen atoms in total. The molecule has 0 N–H and O–H groups in total. The fourth-order valence-corrected chi connectivity index (χ4v) is 2.15. The van der Waals surface area contributed by atoms with E-state index in [1.807, 2.05) is 24.3 Å². The van der Waals surface area contributed by atoms with Crippen LogP contribution in [0.15, 0.2) is 48.5 Å². The molecule has 0 amide bonds. The van der Waals surface area contributed by atoms with Crippen LogP contribution in [0.2, 0.25) is 0 Å². The van der Waals surface area contributed by atoms with E-state index in [2.05, 4.69) is 48.2 Å². The standard InChI is InChI=1S/C17H22N2O2/c1-18(14-5-9-16(20-3)10-6-14)13-19(2)15-7-11-17(21-4)12-8-15/h5-12H,13H2,1-4H3. The summed E-state index contributed by atoms with van der Waals surface area (Å²) in [6.07, 6.45) is 0. The van der Waals surface area contributed by atoms with E-state index in [-0.39, 0.29) is 0 Å². The van der Waals surface area contributed by atoms with Gasteiger partial charge in [-0.2, -0.15) is 0 Å². The lowest BCUT2D eigenvalue weighted by Crippen LogP contribution is -2.32. The van der Waals surface area contributed by atoms with Gasteiger partial charge in [-0.05, 0) is 48.5 Å². The van der Waals surface area contributed by atoms with Crippen molar-refractivity contribution in [3.63, 3.8) is 0 Å². The topological polar surface area (TPSA) is 24.9 Å². The van der Waals surface area contributed by atoms with Crippen LogP contribution in [-0.4, -0.2) is 35.0 Å². The summed E-state index contributed by atoms with van der Waals surface area (Å²) in [5.74, 6) is 1.74. The highest BCUT2D eigenvalue weighted by atomic mass is 16.5. The van der Waals surface area contributed by atoms with Gasteiger partial charge in [0.15, 0.2) is 0 Å². The van der Waals surface area contributed by atoms with Crippen LogP contribution in [0, 0.1) is 0 Å². The normalized spacial score (nSPS) is 10.1. The van der Waals surface area contributed by atoms with E-state index in [0.717, 1.165) is 29.5 Å². The van der Waals surface area contributed by atoms with Crippen LogP contribution in [0.4, 0.5) is 11.4 Å². The molecule has 112 valence electrons. The molecule has 0 heterocycles. The zero-order valence-corrected chi connectivity index (χ0v) is 13.0. The van der Waals surface area contributed by atoms with E-state index in [1.54, 1.807) is 14.2 Å². The predicted octanol–water partition coefficient (Wildman–Crippen LogP) is 3.23. The molecule has 0 saturated carbocycles. The lowest BCUT2D eigenvalue weighted by molar-refractivity contribution is 0.415. The highest BCUT2D eigenvalue weighted by molar-refractivity contribution is 5.53. The number of benzene rings is 2. The first-order valence-electron chi connectivity index (χ1n) is 6.84. The maximum atomic E-state index is 5.18. The van der Waals surface area contributed by atoms with Crippen LogP contribution in [0.25, 0.3) is 0 Å². The van der Waals surface area contributed by atoms with Gasteiger partial charge in [-0.3, -0.25) is 0 Å². The second-order valence-electron chi connectivity index (χ2n) is 4.93. The van der Waals surface area contributed by atoms with E-state index in [9.17, 15) is 0 Å². The van der Waals surface area contributed by atoms with Gasteiger partial charge in [0.1, 0.15) is 11.5 Å². The quantitative estimate of drug-likeness (QED) is 0.761. The molecule has 0 bridgehead atoms. The lowest BCUT2D eigenvalue weighted by Gasteiger charge is -2.28. The van der Waals surface area contributed by atoms with Gasteiger partial charge in [0.25, 0.3) is 0 Å². The summed E-state index contributed by atoms with van der Waals surface area (Å²) in [6.45, 7) is 0.790. The Labute approximate surface area is 126 Å². The highest BCUT2D eigenvalue weighted by Gasteiger charge is 2.06. The van der Waals surface area contributed by atoms with Gasteiger partial charge in [-0.25, -0.2) is 0 Å². The Morgan fingerprint density at radius 3 is 1.29 bits per heavy atom. The highest BCUT2D eigenvalue weighted by Crippen LogP contribution is 2.21. The van der Waals surface area contributed by atoms with Gasteiger partial charge in [0.05, 0.1) is 20.9 Å². The number of ether oxygens (including phenoxy) is 2. The maximum absolute atomic E-state index is 5.18. The first kappa shape index (κ1) is 15.0. The van der Waals surface area contributed by atoms with Crippen LogP contribution in [-0.2, 0) is 0 Å². The first-order valence-corrected chi connectivity index (χ1v) is 6.84. The third-order valence-corrected chi connectivity index (χ3v) is 3.45. The molecule has 21 heavy (non-hydrogen) atoms. The predicted molar refractivity (Wildman–Crippen MR) is 87.7 cm³/mol. The van der Waals surface area contributed by atoms with Gasteiger partial charge < -0.3 is 19.3 Å². The minimum absolute atomic E-state index is 0.790. The maximum Gasteiger partial charge on any atom is 0.119 e. The second-order valence-corrected chi connectivity index (χ2v) is 4.93. The average molecular weight is 286 g/mol. The second kappa shape index (κ2) is 6.88. The van der Waals surface area contributed by atoms with Crippen LogP contribution in [0.5, 0.6) is 11.5 Å². The molecule has 2 aromatic rings. The van der Waals surface area contributed by atoms with Gasteiger partial charge >= 0.3 is 0 Å². The monoisotopic (exact) mass is 286 g/mol. The molecule has 0 radical (unpaired) electrons. The molecular formula is C17H22N2O2. The van der Waals surface area contributed by atoms with E-state index >= 15 is 0 Å². The molecule has 0 fully saturated rings. The molecule has 0 aliphatic heterocycles. The third-order valence-electron chi connectivity index (χ3n) is 3.45. The summed E-state index contributed by atoms with van der Waals surface area (Å²) in [7, 11) is 7.50. The van der Waals surface area contributed by atoms with Crippen LogP contribution in [0.1, 0.15) is 0 Å². The fourth-order valence-electron chi connectivity index (χ4n) is 2.15. The van der Waals surface area contributed by atoms with Crippen LogP contribution in [0.3, 0.4) is 0 Å². The van der Waals surface area contributed by atoms with Crippen LogP contribution < -0.4 is 19.3 Å². The lowest BCUT2D eigenvalue weighted by atomic mass is 10.2. The van der Waals surface area contributed by atoms with Crippen molar-refractivity contribution in [2.45, 2.75) is 0 Å². The van der Waals surface area contributed by atoms with Crippen molar-refractivity contribution >= 4 is 11.4 Å². The summed E-state index contributed by atoms with van der Waals surface area (Å²) in [5.41, 5.74) is 2.30. The molecule has 0 atom stereocenters.